The topological polar surface area (TPSA) is 55.4 Å². The molecular weight excluding hydrogens is 262 g/mol. The third-order valence-electron chi connectivity index (χ3n) is 3.33. The van der Waals surface area contributed by atoms with Crippen molar-refractivity contribution in [3.63, 3.8) is 0 Å². The Labute approximate surface area is 116 Å². The number of hydrogen-bond acceptors (Lipinski definition) is 4. The van der Waals surface area contributed by atoms with Crippen molar-refractivity contribution in [1.29, 1.82) is 0 Å². The fraction of sp³-hybridized carbons (Fsp3) is 0.571. The average Bonchev–Trinajstić information content (AvgIpc) is 2.35. The van der Waals surface area contributed by atoms with Gasteiger partial charge < -0.3 is 10.1 Å². The van der Waals surface area contributed by atoms with Crippen LogP contribution in [0.5, 0.6) is 0 Å². The van der Waals surface area contributed by atoms with E-state index in [1.165, 1.54) is 6.26 Å². The van der Waals surface area contributed by atoms with Crippen molar-refractivity contribution in [2.45, 2.75) is 31.6 Å². The summed E-state index contributed by atoms with van der Waals surface area (Å²) >= 11 is 0. The Morgan fingerprint density at radius 1 is 1.32 bits per heavy atom. The van der Waals surface area contributed by atoms with Crippen molar-refractivity contribution in [3.05, 3.63) is 29.8 Å². The van der Waals surface area contributed by atoms with Gasteiger partial charge in [0.25, 0.3) is 0 Å². The Morgan fingerprint density at radius 3 is 2.47 bits per heavy atom. The Bertz CT molecular complexity index is 507. The van der Waals surface area contributed by atoms with Gasteiger partial charge in [0.15, 0.2) is 9.84 Å². The van der Waals surface area contributed by atoms with Crippen molar-refractivity contribution in [1.82, 2.24) is 0 Å². The minimum absolute atomic E-state index is 0.0476. The van der Waals surface area contributed by atoms with Gasteiger partial charge in [-0.25, -0.2) is 8.42 Å². The third kappa shape index (κ3) is 5.20. The summed E-state index contributed by atoms with van der Waals surface area (Å²) in [6.45, 7) is 4.73. The van der Waals surface area contributed by atoms with E-state index in [4.69, 9.17) is 4.74 Å². The van der Waals surface area contributed by atoms with Gasteiger partial charge in [0, 0.05) is 25.6 Å². The maximum Gasteiger partial charge on any atom is 0.151 e. The van der Waals surface area contributed by atoms with E-state index < -0.39 is 9.84 Å². The molecule has 0 radical (unpaired) electrons. The van der Waals surface area contributed by atoms with Gasteiger partial charge in [-0.2, -0.15) is 0 Å². The number of nitrogens with one attached hydrogen (secondary N) is 1. The molecule has 0 spiro atoms. The second-order valence-electron chi connectivity index (χ2n) is 5.09. The Hall–Kier alpha value is -1.07. The Kier molecular flexibility index (Phi) is 5.38. The molecule has 5 heteroatoms. The van der Waals surface area contributed by atoms with Gasteiger partial charge in [-0.3, -0.25) is 0 Å². The maximum absolute atomic E-state index is 11.4. The zero-order chi connectivity index (χ0) is 14.5. The third-order valence-corrected chi connectivity index (χ3v) is 4.16. The average molecular weight is 285 g/mol. The molecule has 0 fully saturated rings. The second-order valence-corrected chi connectivity index (χ2v) is 7.23. The van der Waals surface area contributed by atoms with Crippen LogP contribution in [0.25, 0.3) is 0 Å². The molecule has 1 rings (SSSR count). The first-order chi connectivity index (χ1) is 8.79. The molecule has 0 aliphatic heterocycles. The van der Waals surface area contributed by atoms with Crippen molar-refractivity contribution in [2.75, 3.05) is 25.2 Å². The lowest BCUT2D eigenvalue weighted by Gasteiger charge is -2.28. The lowest BCUT2D eigenvalue weighted by Crippen LogP contribution is -2.35. The number of sulfone groups is 1. The fourth-order valence-corrected chi connectivity index (χ4v) is 2.54. The van der Waals surface area contributed by atoms with Gasteiger partial charge in [0.2, 0.25) is 0 Å². The Morgan fingerprint density at radius 2 is 1.95 bits per heavy atom. The van der Waals surface area contributed by atoms with E-state index in [1.807, 2.05) is 31.2 Å². The van der Waals surface area contributed by atoms with Crippen LogP contribution in [0, 0.1) is 0 Å². The van der Waals surface area contributed by atoms with E-state index in [-0.39, 0.29) is 11.4 Å². The van der Waals surface area contributed by atoms with Crippen LogP contribution < -0.4 is 5.32 Å². The summed E-state index contributed by atoms with van der Waals surface area (Å²) in [5, 5.41) is 3.29. The molecule has 108 valence electrons. The van der Waals surface area contributed by atoms with Crippen molar-refractivity contribution in [2.24, 2.45) is 0 Å². The summed E-state index contributed by atoms with van der Waals surface area (Å²) in [6.07, 6.45) is 2.12. The minimum Gasteiger partial charge on any atom is -0.382 e. The van der Waals surface area contributed by atoms with E-state index in [0.717, 1.165) is 17.7 Å². The van der Waals surface area contributed by atoms with E-state index in [2.05, 4.69) is 12.2 Å². The quantitative estimate of drug-likeness (QED) is 0.836. The Balaban J connectivity index is 2.84. The smallest absolute Gasteiger partial charge is 0.151 e. The second kappa shape index (κ2) is 6.39. The molecule has 1 aromatic carbocycles. The van der Waals surface area contributed by atoms with Crippen LogP contribution in [0.2, 0.25) is 0 Å². The van der Waals surface area contributed by atoms with Crippen LogP contribution >= 0.6 is 0 Å². The number of hydrogen-bond donors (Lipinski definition) is 1. The number of rotatable bonds is 7. The highest BCUT2D eigenvalue weighted by Gasteiger charge is 2.21. The molecule has 0 amide bonds. The molecule has 0 bridgehead atoms. The molecular formula is C14H23NO3S. The highest BCUT2D eigenvalue weighted by Crippen LogP contribution is 2.20. The van der Waals surface area contributed by atoms with Crippen LogP contribution in [0.3, 0.4) is 0 Å². The summed E-state index contributed by atoms with van der Waals surface area (Å²) in [6, 6.07) is 7.47. The standard InChI is InChI=1S/C14H23NO3S/c1-5-14(2,18-3)11-15-13-9-7-6-8-12(13)10-19(4,16)17/h6-9,15H,5,10-11H2,1-4H3. The predicted molar refractivity (Wildman–Crippen MR) is 79.2 cm³/mol. The van der Waals surface area contributed by atoms with Crippen molar-refractivity contribution < 1.29 is 13.2 Å². The van der Waals surface area contributed by atoms with Crippen LogP contribution in [0.15, 0.2) is 24.3 Å². The molecule has 0 aliphatic rings. The van der Waals surface area contributed by atoms with Crippen LogP contribution in [-0.4, -0.2) is 33.9 Å². The van der Waals surface area contributed by atoms with E-state index in [1.54, 1.807) is 7.11 Å². The number of anilines is 1. The zero-order valence-electron chi connectivity index (χ0n) is 12.1. The molecule has 1 atom stereocenters. The first-order valence-corrected chi connectivity index (χ1v) is 8.40. The van der Waals surface area contributed by atoms with Gasteiger partial charge in [-0.05, 0) is 25.0 Å². The number of methoxy groups -OCH3 is 1. The molecule has 0 heterocycles. The largest absolute Gasteiger partial charge is 0.382 e. The van der Waals surface area contributed by atoms with Gasteiger partial charge in [0.05, 0.1) is 11.4 Å². The van der Waals surface area contributed by atoms with Gasteiger partial charge >= 0.3 is 0 Å². The molecule has 1 aromatic rings. The molecule has 19 heavy (non-hydrogen) atoms. The lowest BCUT2D eigenvalue weighted by atomic mass is 10.0. The molecule has 0 saturated heterocycles. The van der Waals surface area contributed by atoms with Gasteiger partial charge in [-0.1, -0.05) is 25.1 Å². The van der Waals surface area contributed by atoms with E-state index >= 15 is 0 Å². The monoisotopic (exact) mass is 285 g/mol. The van der Waals surface area contributed by atoms with Crippen LogP contribution in [0.1, 0.15) is 25.8 Å². The highest BCUT2D eigenvalue weighted by atomic mass is 32.2. The SMILES string of the molecule is CCC(C)(CNc1ccccc1CS(C)(=O)=O)OC. The molecule has 4 nitrogen and oxygen atoms in total. The predicted octanol–water partition coefficient (Wildman–Crippen LogP) is 2.46. The summed E-state index contributed by atoms with van der Waals surface area (Å²) in [5.41, 5.74) is 1.39. The van der Waals surface area contributed by atoms with Crippen molar-refractivity contribution in [3.8, 4) is 0 Å². The summed E-state index contributed by atoms with van der Waals surface area (Å²) < 4.78 is 28.3. The number of para-hydroxylation sites is 1. The lowest BCUT2D eigenvalue weighted by molar-refractivity contribution is 0.0144. The fourth-order valence-electron chi connectivity index (χ4n) is 1.72. The van der Waals surface area contributed by atoms with E-state index in [9.17, 15) is 8.42 Å². The van der Waals surface area contributed by atoms with Gasteiger partial charge in [0.1, 0.15) is 0 Å². The zero-order valence-corrected chi connectivity index (χ0v) is 12.9. The van der Waals surface area contributed by atoms with Crippen molar-refractivity contribution >= 4 is 15.5 Å². The first kappa shape index (κ1) is 16.0. The molecule has 1 unspecified atom stereocenters. The molecule has 0 aromatic heterocycles. The minimum atomic E-state index is -3.04. The van der Waals surface area contributed by atoms with Gasteiger partial charge in [-0.15, -0.1) is 0 Å². The summed E-state index contributed by atoms with van der Waals surface area (Å²) in [5.74, 6) is 0.0476. The number of benzene rings is 1. The highest BCUT2D eigenvalue weighted by molar-refractivity contribution is 7.89. The number of ether oxygens (including phenoxy) is 1. The normalized spacial score (nSPS) is 14.9. The van der Waals surface area contributed by atoms with E-state index in [0.29, 0.717) is 6.54 Å². The molecule has 0 aliphatic carbocycles. The van der Waals surface area contributed by atoms with Crippen LogP contribution in [-0.2, 0) is 20.3 Å². The summed E-state index contributed by atoms with van der Waals surface area (Å²) in [7, 11) is -1.35. The molecule has 1 N–H and O–H groups in total. The summed E-state index contributed by atoms with van der Waals surface area (Å²) in [4.78, 5) is 0. The van der Waals surface area contributed by atoms with Crippen LogP contribution in [0.4, 0.5) is 5.69 Å². The maximum atomic E-state index is 11.4. The first-order valence-electron chi connectivity index (χ1n) is 6.34. The molecule has 0 saturated carbocycles.